The van der Waals surface area contributed by atoms with Crippen molar-refractivity contribution in [1.29, 1.82) is 0 Å². The molecule has 0 unspecified atom stereocenters. The van der Waals surface area contributed by atoms with Gasteiger partial charge in [0.15, 0.2) is 23.0 Å². The van der Waals surface area contributed by atoms with E-state index in [4.69, 9.17) is 23.7 Å². The first-order valence-corrected chi connectivity index (χ1v) is 13.1. The van der Waals surface area contributed by atoms with Crippen LogP contribution in [0.25, 0.3) is 10.9 Å². The summed E-state index contributed by atoms with van der Waals surface area (Å²) in [7, 11) is 8.53. The zero-order valence-electron chi connectivity index (χ0n) is 21.7. The highest BCUT2D eigenvalue weighted by molar-refractivity contribution is 7.97. The quantitative estimate of drug-likeness (QED) is 0.425. The van der Waals surface area contributed by atoms with Gasteiger partial charge in [-0.15, -0.1) is 0 Å². The predicted molar refractivity (Wildman–Crippen MR) is 139 cm³/mol. The van der Waals surface area contributed by atoms with Crippen LogP contribution >= 0.6 is 0 Å². The molecule has 10 nitrogen and oxygen atoms in total. The summed E-state index contributed by atoms with van der Waals surface area (Å²) in [5.41, 5.74) is 0.567. The maximum Gasteiger partial charge on any atom is 0.305 e. The second-order valence-electron chi connectivity index (χ2n) is 8.35. The SMILES string of the molecule is COc1cc2c([O-])c([S+]3CCN(C(=O)c4cc(OC)c(OC)c(OC)c4)CC3)c(=O)n(C)c2cc1OC. The van der Waals surface area contributed by atoms with Crippen LogP contribution in [-0.4, -0.2) is 75.5 Å². The van der Waals surface area contributed by atoms with Crippen molar-refractivity contribution in [3.63, 3.8) is 0 Å². The second-order valence-corrected chi connectivity index (χ2v) is 10.6. The molecule has 1 aliphatic heterocycles. The van der Waals surface area contributed by atoms with Crippen LogP contribution in [0.1, 0.15) is 10.4 Å². The highest BCUT2D eigenvalue weighted by atomic mass is 32.2. The third kappa shape index (κ3) is 4.59. The minimum Gasteiger partial charge on any atom is -0.868 e. The Morgan fingerprint density at radius 3 is 1.89 bits per heavy atom. The molecule has 2 heterocycles. The normalized spacial score (nSPS) is 13.9. The average molecular weight is 531 g/mol. The molecular weight excluding hydrogens is 500 g/mol. The third-order valence-corrected chi connectivity index (χ3v) is 8.80. The molecule has 1 amide bonds. The molecule has 3 aromatic rings. The average Bonchev–Trinajstić information content (AvgIpc) is 2.94. The molecule has 0 spiro atoms. The van der Waals surface area contributed by atoms with Gasteiger partial charge < -0.3 is 38.3 Å². The van der Waals surface area contributed by atoms with Crippen molar-refractivity contribution in [2.24, 2.45) is 7.05 Å². The fraction of sp³-hybridized carbons (Fsp3) is 0.385. The predicted octanol–water partition coefficient (Wildman–Crippen LogP) is 1.79. The van der Waals surface area contributed by atoms with Crippen LogP contribution in [0.4, 0.5) is 0 Å². The van der Waals surface area contributed by atoms with Gasteiger partial charge in [-0.05, 0) is 29.3 Å². The van der Waals surface area contributed by atoms with Crippen molar-refractivity contribution in [3.05, 3.63) is 40.2 Å². The number of carbonyl (C=O) groups excluding carboxylic acids is 1. The van der Waals surface area contributed by atoms with Gasteiger partial charge in [-0.3, -0.25) is 9.59 Å². The number of amides is 1. The standard InChI is InChI=1S/C26H30N2O8S/c1-27-17-14-19(33-3)18(32-2)13-16(17)22(29)24(26(27)31)37-9-7-28(8-10-37)25(30)15-11-20(34-4)23(36-6)21(12-15)35-5/h11-14H,7-10H2,1-6H3. The molecule has 0 atom stereocenters. The van der Waals surface area contributed by atoms with Crippen molar-refractivity contribution >= 4 is 27.7 Å². The maximum absolute atomic E-state index is 13.5. The topological polar surface area (TPSA) is 112 Å². The summed E-state index contributed by atoms with van der Waals surface area (Å²) in [6.45, 7) is 0.816. The first-order valence-electron chi connectivity index (χ1n) is 11.5. The number of methoxy groups -OCH3 is 5. The molecule has 0 aliphatic carbocycles. The van der Waals surface area contributed by atoms with Gasteiger partial charge in [-0.2, -0.15) is 0 Å². The van der Waals surface area contributed by atoms with E-state index in [1.807, 2.05) is 0 Å². The van der Waals surface area contributed by atoms with Crippen molar-refractivity contribution in [2.75, 3.05) is 60.1 Å². The molecule has 2 aromatic carbocycles. The highest BCUT2D eigenvalue weighted by Gasteiger charge is 2.35. The minimum absolute atomic E-state index is 0.187. The number of ether oxygens (including phenoxy) is 5. The molecule has 198 valence electrons. The number of pyridine rings is 1. The number of aryl methyl sites for hydroxylation is 1. The molecule has 0 N–H and O–H groups in total. The van der Waals surface area contributed by atoms with Crippen LogP contribution in [0.2, 0.25) is 0 Å². The molecule has 0 bridgehead atoms. The van der Waals surface area contributed by atoms with E-state index in [-0.39, 0.29) is 22.1 Å². The number of aromatic nitrogens is 1. The number of hydrogen-bond acceptors (Lipinski definition) is 8. The summed E-state index contributed by atoms with van der Waals surface area (Å²) >= 11 is 0. The summed E-state index contributed by atoms with van der Waals surface area (Å²) < 4.78 is 28.3. The Kier molecular flexibility index (Phi) is 7.63. The smallest absolute Gasteiger partial charge is 0.305 e. The van der Waals surface area contributed by atoms with Gasteiger partial charge in [0, 0.05) is 29.6 Å². The Balaban J connectivity index is 1.62. The molecular formula is C26H30N2O8S. The number of fused-ring (bicyclic) bond motifs is 1. The van der Waals surface area contributed by atoms with Crippen LogP contribution in [0.15, 0.2) is 34.0 Å². The number of benzene rings is 2. The van der Waals surface area contributed by atoms with Crippen LogP contribution < -0.4 is 34.4 Å². The van der Waals surface area contributed by atoms with Crippen molar-refractivity contribution in [1.82, 2.24) is 9.47 Å². The molecule has 4 rings (SSSR count). The van der Waals surface area contributed by atoms with Crippen molar-refractivity contribution < 1.29 is 33.6 Å². The second kappa shape index (κ2) is 10.7. The first kappa shape index (κ1) is 26.3. The van der Waals surface area contributed by atoms with E-state index < -0.39 is 10.9 Å². The summed E-state index contributed by atoms with van der Waals surface area (Å²) in [5, 5.41) is 13.9. The molecule has 37 heavy (non-hydrogen) atoms. The molecule has 1 saturated heterocycles. The Hall–Kier alpha value is -3.73. The molecule has 1 fully saturated rings. The molecule has 0 saturated carbocycles. The Morgan fingerprint density at radius 1 is 0.838 bits per heavy atom. The van der Waals surface area contributed by atoms with Gasteiger partial charge in [-0.25, -0.2) is 0 Å². The molecule has 1 aliphatic rings. The van der Waals surface area contributed by atoms with Crippen molar-refractivity contribution in [2.45, 2.75) is 4.90 Å². The van der Waals surface area contributed by atoms with E-state index in [2.05, 4.69) is 0 Å². The summed E-state index contributed by atoms with van der Waals surface area (Å²) in [4.78, 5) is 28.6. The lowest BCUT2D eigenvalue weighted by atomic mass is 10.1. The summed E-state index contributed by atoms with van der Waals surface area (Å²) in [5.74, 6) is 2.60. The van der Waals surface area contributed by atoms with Crippen LogP contribution in [0, 0.1) is 0 Å². The minimum atomic E-state index is -0.605. The van der Waals surface area contributed by atoms with E-state index >= 15 is 0 Å². The zero-order chi connectivity index (χ0) is 26.9. The largest absolute Gasteiger partial charge is 0.868 e. The van der Waals surface area contributed by atoms with Gasteiger partial charge in [0.25, 0.3) is 5.91 Å². The van der Waals surface area contributed by atoms with E-state index in [0.29, 0.717) is 69.8 Å². The van der Waals surface area contributed by atoms with Crippen LogP contribution in [0.3, 0.4) is 0 Å². The molecule has 0 radical (unpaired) electrons. The Bertz CT molecular complexity index is 1370. The van der Waals surface area contributed by atoms with Gasteiger partial charge >= 0.3 is 5.56 Å². The van der Waals surface area contributed by atoms with Crippen LogP contribution in [0.5, 0.6) is 34.5 Å². The fourth-order valence-electron chi connectivity index (χ4n) is 4.51. The maximum atomic E-state index is 13.5. The van der Waals surface area contributed by atoms with E-state index in [0.717, 1.165) is 0 Å². The number of carbonyl (C=O) groups is 1. The number of hydrogen-bond donors (Lipinski definition) is 0. The summed E-state index contributed by atoms with van der Waals surface area (Å²) in [6, 6.07) is 6.50. The van der Waals surface area contributed by atoms with E-state index in [1.54, 1.807) is 36.2 Å². The van der Waals surface area contributed by atoms with E-state index in [9.17, 15) is 14.7 Å². The van der Waals surface area contributed by atoms with Gasteiger partial charge in [-0.1, -0.05) is 0 Å². The number of rotatable bonds is 7. The lowest BCUT2D eigenvalue weighted by Gasteiger charge is -2.28. The number of nitrogens with zero attached hydrogens (tertiary/aromatic N) is 2. The third-order valence-electron chi connectivity index (χ3n) is 6.52. The van der Waals surface area contributed by atoms with Gasteiger partial charge in [0.1, 0.15) is 11.5 Å². The Labute approximate surface area is 217 Å². The highest BCUT2D eigenvalue weighted by Crippen LogP contribution is 2.39. The lowest BCUT2D eigenvalue weighted by molar-refractivity contribution is -0.270. The molecule has 11 heteroatoms. The van der Waals surface area contributed by atoms with Crippen LogP contribution in [-0.2, 0) is 17.9 Å². The van der Waals surface area contributed by atoms with Gasteiger partial charge in [0.2, 0.25) is 10.6 Å². The Morgan fingerprint density at radius 2 is 1.38 bits per heavy atom. The lowest BCUT2D eigenvalue weighted by Crippen LogP contribution is -2.45. The van der Waals surface area contributed by atoms with Crippen molar-refractivity contribution in [3.8, 4) is 34.5 Å². The zero-order valence-corrected chi connectivity index (χ0v) is 22.5. The van der Waals surface area contributed by atoms with E-state index in [1.165, 1.54) is 40.1 Å². The monoisotopic (exact) mass is 530 g/mol. The fourth-order valence-corrected chi connectivity index (χ4v) is 6.76. The molecule has 1 aromatic heterocycles. The summed E-state index contributed by atoms with van der Waals surface area (Å²) in [6.07, 6.45) is 0. The first-order chi connectivity index (χ1) is 17.8. The van der Waals surface area contributed by atoms with Gasteiger partial charge in [0.05, 0.1) is 54.2 Å².